The number of pyridine rings is 5. The Hall–Kier alpha value is -11.9. The van der Waals surface area contributed by atoms with E-state index in [0.29, 0.717) is 138 Å². The highest BCUT2D eigenvalue weighted by atomic mass is 32.1. The fraction of sp³-hybridized carbons (Fsp3) is 0.420. The summed E-state index contributed by atoms with van der Waals surface area (Å²) in [4.78, 5) is 119. The largest absolute Gasteiger partial charge is 0.506 e. The van der Waals surface area contributed by atoms with Crippen molar-refractivity contribution in [2.75, 3.05) is 149 Å². The normalized spacial score (nSPS) is 18.9. The van der Waals surface area contributed by atoms with E-state index in [1.54, 1.807) is 23.3 Å². The van der Waals surface area contributed by atoms with E-state index < -0.39 is 40.5 Å². The third-order valence-corrected chi connectivity index (χ3v) is 34.7. The Kier molecular flexibility index (Phi) is 24.7. The summed E-state index contributed by atoms with van der Waals surface area (Å²) in [5, 5.41) is 47.2. The van der Waals surface area contributed by atoms with E-state index in [-0.39, 0.29) is 118 Å². The number of nitrogens with one attached hydrogen (secondary N) is 4. The Balaban J connectivity index is 0.000000104. The van der Waals surface area contributed by atoms with Crippen molar-refractivity contribution < 1.29 is 56.0 Å². The molecule has 2 atom stereocenters. The molecule has 40 heteroatoms. The standard InChI is InChI=1S/C22H25FN4O2S.C21H23FN4O2S.C19H18F2N4O3S.2C19H20FN3O2S/c1-10-8-26(9-11(2)25-10)17-7-16-14(6-15(17)23)19(28)18-12(3)20(21(24)29)30-22(18)27(16)13-4-5-13;1-11-17-18(27)13-9-14(22)16(25-7-5-24(2)6-8-25)10-15(13)26(12-3-4-12)21(17)29-19(11)20(23)28;20-10-7-9-13(12(21)14(10)24-5-3-23-4-6-24)25(8-1-2-8)19-11(15(9)26)16(27)17(29-19)18(22)28;2*1-10-17(24)16-18(25)12-8-13(20)15(22-6-4-21-5-7-22)9-14(12)23(11-2-3-11)19(16)26-10/h6-7,10-11,13,25H,4-5,8-9H2,1-3H3,(H2,24,29);9-10,12H,3-8H2,1-2H3,(H2,23,28);7-8,23,27H,1-6H2,(H2,22,28);2*8-9,11,21,24H,2-7H2,1H3. The van der Waals surface area contributed by atoms with Crippen molar-refractivity contribution in [3.05, 3.63) is 176 Å². The average molecular weight is 2010 g/mol. The minimum absolute atomic E-state index is 0.0113. The number of amides is 3. The van der Waals surface area contributed by atoms with E-state index in [4.69, 9.17) is 17.2 Å². The molecule has 15 heterocycles. The first-order valence-corrected chi connectivity index (χ1v) is 51.8. The van der Waals surface area contributed by atoms with Gasteiger partial charge in [0.1, 0.15) is 80.7 Å². The van der Waals surface area contributed by atoms with E-state index in [1.807, 2.05) is 47.9 Å². The topological polar surface area (TPSA) is 368 Å². The minimum atomic E-state index is -0.873. The van der Waals surface area contributed by atoms with Crippen LogP contribution in [-0.2, 0) is 0 Å². The van der Waals surface area contributed by atoms with Gasteiger partial charge in [-0.15, -0.1) is 56.7 Å². The van der Waals surface area contributed by atoms with Crippen molar-refractivity contribution in [3.8, 4) is 17.2 Å². The molecule has 3 amide bonds. The molecule has 10 aliphatic rings. The number of aromatic nitrogens is 5. The van der Waals surface area contributed by atoms with Crippen LogP contribution in [0, 0.1) is 62.6 Å². The van der Waals surface area contributed by atoms with E-state index in [1.165, 1.54) is 69.6 Å². The summed E-state index contributed by atoms with van der Waals surface area (Å²) in [6, 6.07) is 15.4. The van der Waals surface area contributed by atoms with Crippen molar-refractivity contribution in [2.45, 2.75) is 148 Å². The fourth-order valence-corrected chi connectivity index (χ4v) is 26.9. The van der Waals surface area contributed by atoms with Crippen LogP contribution in [0.4, 0.5) is 54.8 Å². The summed E-state index contributed by atoms with van der Waals surface area (Å²) >= 11 is 6.30. The predicted octanol–water partition coefficient (Wildman–Crippen LogP) is 14.4. The number of hydrogen-bond acceptors (Lipinski definition) is 26. The lowest BCUT2D eigenvalue weighted by Crippen LogP contribution is -2.54. The molecule has 10 aromatic heterocycles. The molecule has 5 aromatic carbocycles. The highest BCUT2D eigenvalue weighted by molar-refractivity contribution is 7.22. The second-order valence-electron chi connectivity index (χ2n) is 38.6. The number of nitrogens with zero attached hydrogens (tertiary/aromatic N) is 11. The van der Waals surface area contributed by atoms with Gasteiger partial charge in [-0.3, -0.25) is 38.4 Å². The number of nitrogens with two attached hydrogens (primary N) is 3. The molecule has 5 saturated heterocycles. The molecule has 5 saturated carbocycles. The van der Waals surface area contributed by atoms with Crippen LogP contribution >= 0.6 is 56.7 Å². The molecule has 15 aromatic rings. The second-order valence-corrected chi connectivity index (χ2v) is 44.0. The van der Waals surface area contributed by atoms with Crippen LogP contribution in [0.15, 0.2) is 78.6 Å². The Morgan fingerprint density at radius 3 is 0.986 bits per heavy atom. The number of piperazine rings is 5. The van der Waals surface area contributed by atoms with Gasteiger partial charge in [-0.2, -0.15) is 0 Å². The quantitative estimate of drug-likeness (QED) is 0.0479. The maximum atomic E-state index is 15.7. The van der Waals surface area contributed by atoms with Crippen molar-refractivity contribution in [1.29, 1.82) is 0 Å². The van der Waals surface area contributed by atoms with Gasteiger partial charge in [0.15, 0.2) is 22.4 Å². The molecule has 0 radical (unpaired) electrons. The van der Waals surface area contributed by atoms with Crippen LogP contribution in [0.5, 0.6) is 17.2 Å². The van der Waals surface area contributed by atoms with Crippen LogP contribution in [-0.4, -0.2) is 198 Å². The third-order valence-electron chi connectivity index (χ3n) is 28.7. The first-order valence-electron chi connectivity index (χ1n) is 47.7. The first kappa shape index (κ1) is 94.4. The highest BCUT2D eigenvalue weighted by Crippen LogP contribution is 2.52. The Labute approximate surface area is 816 Å². The van der Waals surface area contributed by atoms with Crippen molar-refractivity contribution in [3.63, 3.8) is 0 Å². The Bertz CT molecular complexity index is 7890. The molecular weight excluding hydrogens is 1900 g/mol. The van der Waals surface area contributed by atoms with Crippen LogP contribution in [0.2, 0.25) is 0 Å². The van der Waals surface area contributed by atoms with Crippen LogP contribution in [0.25, 0.3) is 106 Å². The Morgan fingerprint density at radius 1 is 0.350 bits per heavy atom. The third kappa shape index (κ3) is 16.6. The number of hydrogen-bond donors (Lipinski definition) is 10. The minimum Gasteiger partial charge on any atom is -0.506 e. The van der Waals surface area contributed by atoms with Gasteiger partial charge >= 0.3 is 0 Å². The van der Waals surface area contributed by atoms with Gasteiger partial charge in [0.05, 0.1) is 87.0 Å². The fourth-order valence-electron chi connectivity index (χ4n) is 21.0. The zero-order valence-electron chi connectivity index (χ0n) is 78.1. The molecule has 29 nitrogen and oxygen atoms in total. The lowest BCUT2D eigenvalue weighted by molar-refractivity contribution is 0.0993. The SMILES string of the molecule is Cc1c(C(N)=O)sc2c1c(=O)c1cc(F)c(N3CC(C)NC(C)C3)cc1n2C1CC1.Cc1c(C(N)=O)sc2c1c(=O)c1cc(F)c(N3CCN(C)CC3)cc1n2C1CC1.Cc1sc2c(c1O)c(=O)c1cc(F)c(N3CCNCC3)cc1n2C1CC1.Cc1sc2c(c1O)c(=O)c1cc(F)c(N3CCNCC3)cc1n2C1CC1.NC(=O)c1sc2c(c1O)c(=O)c1cc(F)c(N3CCNCC3)c(F)c1n2C1CC1. The number of carbonyl (C=O) groups is 3. The summed E-state index contributed by atoms with van der Waals surface area (Å²) in [6.45, 7) is 24.3. The predicted molar refractivity (Wildman–Crippen MR) is 548 cm³/mol. The number of benzene rings is 5. The summed E-state index contributed by atoms with van der Waals surface area (Å²) in [7, 11) is 2.06. The molecule has 10 fully saturated rings. The zero-order valence-corrected chi connectivity index (χ0v) is 82.2. The van der Waals surface area contributed by atoms with Crippen molar-refractivity contribution in [2.24, 2.45) is 17.2 Å². The van der Waals surface area contributed by atoms with Gasteiger partial charge in [-0.05, 0) is 179 Å². The van der Waals surface area contributed by atoms with Crippen LogP contribution in [0.3, 0.4) is 0 Å². The first-order chi connectivity index (χ1) is 67.1. The number of primary amides is 3. The summed E-state index contributed by atoms with van der Waals surface area (Å²) in [6.07, 6.45) is 9.74. The average Bonchev–Trinajstić information content (AvgIpc) is 1.59. The molecule has 13 N–H and O–H groups in total. The monoisotopic (exact) mass is 2010 g/mol. The van der Waals surface area contributed by atoms with E-state index in [9.17, 15) is 66.8 Å². The lowest BCUT2D eigenvalue weighted by Gasteiger charge is -2.38. The summed E-state index contributed by atoms with van der Waals surface area (Å²) in [5.41, 5.74) is 21.0. The zero-order chi connectivity index (χ0) is 98.2. The van der Waals surface area contributed by atoms with Gasteiger partial charge in [0, 0.05) is 191 Å². The van der Waals surface area contributed by atoms with Gasteiger partial charge in [-0.1, -0.05) is 0 Å². The molecule has 0 spiro atoms. The Morgan fingerprint density at radius 2 is 0.636 bits per heavy atom. The van der Waals surface area contributed by atoms with Crippen LogP contribution < -0.4 is 90.1 Å². The van der Waals surface area contributed by atoms with E-state index in [0.717, 1.165) is 211 Å². The number of anilines is 5. The number of carbonyl (C=O) groups excluding carboxylic acids is 3. The number of aromatic hydroxyl groups is 3. The van der Waals surface area contributed by atoms with Gasteiger partial charge < -0.3 is 106 Å². The van der Waals surface area contributed by atoms with Crippen molar-refractivity contribution >= 4 is 208 Å². The number of halogens is 6. The maximum absolute atomic E-state index is 15.7. The summed E-state index contributed by atoms with van der Waals surface area (Å²) in [5.74, 6) is -5.48. The van der Waals surface area contributed by atoms with Gasteiger partial charge in [0.25, 0.3) is 17.7 Å². The molecule has 734 valence electrons. The van der Waals surface area contributed by atoms with Gasteiger partial charge in [0.2, 0.25) is 16.3 Å². The van der Waals surface area contributed by atoms with Crippen molar-refractivity contribution in [1.82, 2.24) is 49.0 Å². The smallest absolute Gasteiger partial charge is 0.262 e. The molecular formula is C100H106F6N18O11S5. The van der Waals surface area contributed by atoms with E-state index in [2.05, 4.69) is 75.1 Å². The molecule has 2 unspecified atom stereocenters. The number of rotatable bonds is 13. The van der Waals surface area contributed by atoms with Gasteiger partial charge in [-0.25, -0.2) is 26.3 Å². The number of thiophene rings is 5. The lowest BCUT2D eigenvalue weighted by atomic mass is 10.1. The molecule has 5 aliphatic heterocycles. The van der Waals surface area contributed by atoms with E-state index >= 15 is 13.2 Å². The molecule has 25 rings (SSSR count). The summed E-state index contributed by atoms with van der Waals surface area (Å²) < 4.78 is 101. The van der Waals surface area contributed by atoms with Crippen LogP contribution in [0.1, 0.15) is 158 Å². The number of fused-ring (bicyclic) bond motifs is 10. The number of likely N-dealkylation sites (N-methyl/N-ethyl adjacent to an activating group) is 1. The molecule has 140 heavy (non-hydrogen) atoms. The number of aryl methyl sites for hydroxylation is 4. The maximum Gasteiger partial charge on any atom is 0.262 e. The molecule has 0 bridgehead atoms. The second kappa shape index (κ2) is 36.6. The highest BCUT2D eigenvalue weighted by Gasteiger charge is 2.40. The molecule has 5 aliphatic carbocycles.